The number of hydrogen-bond donors (Lipinski definition) is 1. The number of halogens is 1. The smallest absolute Gasteiger partial charge is 0.130 e. The lowest BCUT2D eigenvalue weighted by atomic mass is 9.99. The Morgan fingerprint density at radius 3 is 2.91 bits per heavy atom. The molecule has 1 aliphatic heterocycles. The van der Waals surface area contributed by atoms with Gasteiger partial charge in [-0.1, -0.05) is 30.3 Å². The minimum absolute atomic E-state index is 0.259. The molecule has 1 aliphatic rings. The van der Waals surface area contributed by atoms with Crippen LogP contribution >= 0.6 is 0 Å². The van der Waals surface area contributed by atoms with Gasteiger partial charge in [0.05, 0.1) is 6.54 Å². The van der Waals surface area contributed by atoms with Gasteiger partial charge < -0.3 is 9.84 Å². The number of rotatable bonds is 4. The molecule has 0 radical (unpaired) electrons. The minimum atomic E-state index is -0.762. The first-order chi connectivity index (χ1) is 10.7. The van der Waals surface area contributed by atoms with E-state index in [1.165, 1.54) is 18.3 Å². The van der Waals surface area contributed by atoms with Crippen molar-refractivity contribution >= 4 is 6.21 Å². The van der Waals surface area contributed by atoms with Crippen molar-refractivity contribution in [2.24, 2.45) is 4.99 Å². The number of aryl methyl sites for hydroxylation is 1. The number of aliphatic imine (C=N–C) groups is 1. The van der Waals surface area contributed by atoms with Crippen molar-refractivity contribution < 1.29 is 14.2 Å². The summed E-state index contributed by atoms with van der Waals surface area (Å²) < 4.78 is 18.9. The van der Waals surface area contributed by atoms with E-state index in [2.05, 4.69) is 4.99 Å². The van der Waals surface area contributed by atoms with Gasteiger partial charge in [0.25, 0.3) is 0 Å². The maximum Gasteiger partial charge on any atom is 0.130 e. The van der Waals surface area contributed by atoms with E-state index >= 15 is 0 Å². The molecule has 0 unspecified atom stereocenters. The van der Waals surface area contributed by atoms with Crippen LogP contribution in [-0.2, 0) is 13.0 Å². The third kappa shape index (κ3) is 3.52. The van der Waals surface area contributed by atoms with E-state index < -0.39 is 6.10 Å². The summed E-state index contributed by atoms with van der Waals surface area (Å²) in [6.45, 7) is 0.534. The molecule has 0 saturated heterocycles. The number of hydrogen-bond acceptors (Lipinski definition) is 3. The summed E-state index contributed by atoms with van der Waals surface area (Å²) >= 11 is 0. The topological polar surface area (TPSA) is 41.8 Å². The first-order valence-corrected chi connectivity index (χ1v) is 7.39. The molecule has 0 fully saturated rings. The van der Waals surface area contributed by atoms with Gasteiger partial charge in [-0.05, 0) is 42.2 Å². The molecule has 0 saturated carbocycles. The second-order valence-corrected chi connectivity index (χ2v) is 5.41. The average molecular weight is 299 g/mol. The average Bonchev–Trinajstić information content (AvgIpc) is 2.55. The first kappa shape index (κ1) is 14.7. The number of ether oxygens (including phenoxy) is 1. The molecule has 114 valence electrons. The maximum absolute atomic E-state index is 13.2. The Bertz CT molecular complexity index is 657. The van der Waals surface area contributed by atoms with Crippen molar-refractivity contribution in [1.29, 1.82) is 0 Å². The van der Waals surface area contributed by atoms with E-state index in [0.717, 1.165) is 11.1 Å². The molecule has 2 aromatic rings. The summed E-state index contributed by atoms with van der Waals surface area (Å²) in [6.07, 6.45) is 1.78. The van der Waals surface area contributed by atoms with Crippen LogP contribution in [0.15, 0.2) is 53.5 Å². The standard InChI is InChI=1S/C18H18FNO2/c19-15-7-9-17-14(10-15)6-8-18(22-17)16(21)12-20-11-13-4-2-1-3-5-13/h1-5,7,9-10,12,16,18,21H,6,8,11H2/b20-12-/t16-,18+/m1/s1. The fourth-order valence-electron chi connectivity index (χ4n) is 2.56. The first-order valence-electron chi connectivity index (χ1n) is 7.39. The van der Waals surface area contributed by atoms with E-state index in [4.69, 9.17) is 4.74 Å². The van der Waals surface area contributed by atoms with E-state index in [9.17, 15) is 9.50 Å². The molecular weight excluding hydrogens is 281 g/mol. The maximum atomic E-state index is 13.2. The molecule has 2 atom stereocenters. The van der Waals surface area contributed by atoms with Crippen LogP contribution in [0.1, 0.15) is 17.5 Å². The Labute approximate surface area is 129 Å². The molecule has 1 N–H and O–H groups in total. The summed E-state index contributed by atoms with van der Waals surface area (Å²) in [7, 11) is 0. The van der Waals surface area contributed by atoms with Gasteiger partial charge in [-0.15, -0.1) is 0 Å². The van der Waals surface area contributed by atoms with Crippen molar-refractivity contribution in [2.45, 2.75) is 31.6 Å². The Morgan fingerprint density at radius 2 is 2.09 bits per heavy atom. The molecule has 2 aromatic carbocycles. The lowest BCUT2D eigenvalue weighted by Gasteiger charge is -2.28. The number of nitrogens with zero attached hydrogens (tertiary/aromatic N) is 1. The second kappa shape index (κ2) is 6.71. The van der Waals surface area contributed by atoms with Crippen LogP contribution in [0, 0.1) is 5.82 Å². The highest BCUT2D eigenvalue weighted by molar-refractivity contribution is 5.64. The lowest BCUT2D eigenvalue weighted by Crippen LogP contribution is -2.36. The number of aliphatic hydroxyl groups excluding tert-OH is 1. The van der Waals surface area contributed by atoms with E-state index in [-0.39, 0.29) is 11.9 Å². The van der Waals surface area contributed by atoms with Gasteiger partial charge >= 0.3 is 0 Å². The molecule has 0 spiro atoms. The number of fused-ring (bicyclic) bond motifs is 1. The molecule has 22 heavy (non-hydrogen) atoms. The molecular formula is C18H18FNO2. The molecule has 3 rings (SSSR count). The SMILES string of the molecule is O[C@H](/C=N\Cc1ccccc1)[C@@H]1CCc2cc(F)ccc2O1. The van der Waals surface area contributed by atoms with Gasteiger partial charge in [0.2, 0.25) is 0 Å². The van der Waals surface area contributed by atoms with E-state index in [0.29, 0.717) is 25.1 Å². The monoisotopic (exact) mass is 299 g/mol. The van der Waals surface area contributed by atoms with Gasteiger partial charge in [0, 0.05) is 6.21 Å². The Hall–Kier alpha value is -2.20. The molecule has 1 heterocycles. The van der Waals surface area contributed by atoms with Crippen molar-refractivity contribution in [2.75, 3.05) is 0 Å². The number of aliphatic hydroxyl groups is 1. The molecule has 3 nitrogen and oxygen atoms in total. The van der Waals surface area contributed by atoms with Gasteiger partial charge in [-0.25, -0.2) is 4.39 Å². The molecule has 0 amide bonds. The highest BCUT2D eigenvalue weighted by Crippen LogP contribution is 2.29. The Morgan fingerprint density at radius 1 is 1.27 bits per heavy atom. The van der Waals surface area contributed by atoms with Gasteiger partial charge in [0.15, 0.2) is 0 Å². The van der Waals surface area contributed by atoms with Gasteiger partial charge in [-0.3, -0.25) is 4.99 Å². The summed E-state index contributed by atoms with van der Waals surface area (Å²) in [5.74, 6) is 0.388. The van der Waals surface area contributed by atoms with Crippen molar-refractivity contribution in [1.82, 2.24) is 0 Å². The Balaban J connectivity index is 1.59. The summed E-state index contributed by atoms with van der Waals surface area (Å²) in [5, 5.41) is 10.2. The normalized spacial score (nSPS) is 18.7. The summed E-state index contributed by atoms with van der Waals surface area (Å²) in [5.41, 5.74) is 1.95. The zero-order valence-corrected chi connectivity index (χ0v) is 12.2. The Kier molecular flexibility index (Phi) is 4.49. The fraction of sp³-hybridized carbons (Fsp3) is 0.278. The molecule has 4 heteroatoms. The van der Waals surface area contributed by atoms with Crippen LogP contribution < -0.4 is 4.74 Å². The van der Waals surface area contributed by atoms with Crippen LogP contribution in [0.3, 0.4) is 0 Å². The van der Waals surface area contributed by atoms with Crippen molar-refractivity contribution in [3.63, 3.8) is 0 Å². The van der Waals surface area contributed by atoms with Crippen LogP contribution in [0.5, 0.6) is 5.75 Å². The van der Waals surface area contributed by atoms with Crippen molar-refractivity contribution in [3.05, 3.63) is 65.5 Å². The third-order valence-electron chi connectivity index (χ3n) is 3.75. The highest BCUT2D eigenvalue weighted by Gasteiger charge is 2.25. The van der Waals surface area contributed by atoms with Crippen LogP contribution in [0.25, 0.3) is 0 Å². The van der Waals surface area contributed by atoms with Crippen LogP contribution in [-0.4, -0.2) is 23.5 Å². The van der Waals surface area contributed by atoms with Crippen molar-refractivity contribution in [3.8, 4) is 5.75 Å². The lowest BCUT2D eigenvalue weighted by molar-refractivity contribution is 0.0663. The fourth-order valence-corrected chi connectivity index (χ4v) is 2.56. The largest absolute Gasteiger partial charge is 0.487 e. The predicted octanol–water partition coefficient (Wildman–Crippen LogP) is 3.15. The van der Waals surface area contributed by atoms with Crippen LogP contribution in [0.2, 0.25) is 0 Å². The second-order valence-electron chi connectivity index (χ2n) is 5.41. The summed E-state index contributed by atoms with van der Waals surface area (Å²) in [6, 6.07) is 14.3. The quantitative estimate of drug-likeness (QED) is 0.881. The van der Waals surface area contributed by atoms with Crippen LogP contribution in [0.4, 0.5) is 4.39 Å². The van der Waals surface area contributed by atoms with E-state index in [1.54, 1.807) is 6.07 Å². The predicted molar refractivity (Wildman–Crippen MR) is 83.8 cm³/mol. The third-order valence-corrected chi connectivity index (χ3v) is 3.75. The number of benzene rings is 2. The summed E-state index contributed by atoms with van der Waals surface area (Å²) in [4.78, 5) is 4.27. The van der Waals surface area contributed by atoms with Gasteiger partial charge in [0.1, 0.15) is 23.8 Å². The molecule has 0 aliphatic carbocycles. The molecule has 0 bridgehead atoms. The zero-order valence-electron chi connectivity index (χ0n) is 12.2. The zero-order chi connectivity index (χ0) is 15.4. The highest BCUT2D eigenvalue weighted by atomic mass is 19.1. The molecule has 0 aromatic heterocycles. The van der Waals surface area contributed by atoms with E-state index in [1.807, 2.05) is 30.3 Å². The minimum Gasteiger partial charge on any atom is -0.487 e. The van der Waals surface area contributed by atoms with Gasteiger partial charge in [-0.2, -0.15) is 0 Å².